The molecule has 0 unspecified atom stereocenters. The first-order chi connectivity index (χ1) is 13.0. The SMILES string of the molecule is N=C1/C(=C(\O)c2nc(Cl)cc(-n3ccnc3)n2)CCC[C@@]12CCCCC2=O. The average molecular weight is 386 g/mol. The highest BCUT2D eigenvalue weighted by Crippen LogP contribution is 2.46. The molecule has 0 bridgehead atoms. The summed E-state index contributed by atoms with van der Waals surface area (Å²) in [4.78, 5) is 25.1. The number of aliphatic hydroxyl groups is 1. The molecule has 2 aromatic rings. The molecule has 2 fully saturated rings. The van der Waals surface area contributed by atoms with Gasteiger partial charge in [0.15, 0.2) is 11.6 Å². The highest BCUT2D eigenvalue weighted by molar-refractivity contribution is 6.29. The van der Waals surface area contributed by atoms with Crippen molar-refractivity contribution in [3.63, 3.8) is 0 Å². The van der Waals surface area contributed by atoms with Crippen molar-refractivity contribution in [3.8, 4) is 5.82 Å². The van der Waals surface area contributed by atoms with E-state index in [1.807, 2.05) is 0 Å². The van der Waals surface area contributed by atoms with E-state index in [0.717, 1.165) is 19.3 Å². The Labute approximate surface area is 161 Å². The summed E-state index contributed by atoms with van der Waals surface area (Å²) in [7, 11) is 0. The zero-order chi connectivity index (χ0) is 19.0. The van der Waals surface area contributed by atoms with Crippen LogP contribution < -0.4 is 0 Å². The second-order valence-electron chi connectivity index (χ2n) is 7.11. The molecule has 0 aliphatic heterocycles. The van der Waals surface area contributed by atoms with E-state index in [2.05, 4.69) is 15.0 Å². The maximum atomic E-state index is 12.6. The molecule has 1 spiro atoms. The van der Waals surface area contributed by atoms with Crippen LogP contribution in [0.2, 0.25) is 5.15 Å². The van der Waals surface area contributed by atoms with Gasteiger partial charge in [0.05, 0.1) is 11.1 Å². The Kier molecular flexibility index (Phi) is 4.55. The summed E-state index contributed by atoms with van der Waals surface area (Å²) in [6, 6.07) is 1.57. The van der Waals surface area contributed by atoms with Crippen molar-refractivity contribution in [3.05, 3.63) is 41.3 Å². The predicted octanol–water partition coefficient (Wildman–Crippen LogP) is 3.92. The summed E-state index contributed by atoms with van der Waals surface area (Å²) >= 11 is 6.13. The van der Waals surface area contributed by atoms with Crippen molar-refractivity contribution in [1.82, 2.24) is 19.5 Å². The predicted molar refractivity (Wildman–Crippen MR) is 101 cm³/mol. The molecule has 4 rings (SSSR count). The van der Waals surface area contributed by atoms with E-state index in [-0.39, 0.29) is 28.2 Å². The largest absolute Gasteiger partial charge is 0.504 e. The topological polar surface area (TPSA) is 105 Å². The molecule has 8 heteroatoms. The number of halogens is 1. The second kappa shape index (κ2) is 6.88. The summed E-state index contributed by atoms with van der Waals surface area (Å²) in [6.45, 7) is 0. The summed E-state index contributed by atoms with van der Waals surface area (Å²) in [6.07, 6.45) is 9.86. The number of hydrogen-bond donors (Lipinski definition) is 2. The van der Waals surface area contributed by atoms with Crippen molar-refractivity contribution in [2.75, 3.05) is 0 Å². The Morgan fingerprint density at radius 1 is 1.22 bits per heavy atom. The van der Waals surface area contributed by atoms with Gasteiger partial charge in [0.25, 0.3) is 0 Å². The third-order valence-electron chi connectivity index (χ3n) is 5.55. The molecule has 0 aromatic carbocycles. The van der Waals surface area contributed by atoms with Crippen LogP contribution >= 0.6 is 11.6 Å². The number of rotatable bonds is 2. The lowest BCUT2D eigenvalue weighted by Crippen LogP contribution is -2.44. The van der Waals surface area contributed by atoms with Crippen molar-refractivity contribution >= 4 is 28.9 Å². The van der Waals surface area contributed by atoms with E-state index in [9.17, 15) is 9.90 Å². The number of aliphatic hydroxyl groups excluding tert-OH is 1. The van der Waals surface area contributed by atoms with Gasteiger partial charge < -0.3 is 10.5 Å². The van der Waals surface area contributed by atoms with Crippen LogP contribution in [0.15, 0.2) is 30.4 Å². The van der Waals surface area contributed by atoms with Crippen LogP contribution in [-0.2, 0) is 4.79 Å². The Morgan fingerprint density at radius 2 is 2.04 bits per heavy atom. The summed E-state index contributed by atoms with van der Waals surface area (Å²) in [5.74, 6) is 0.489. The van der Waals surface area contributed by atoms with Crippen molar-refractivity contribution in [2.24, 2.45) is 5.41 Å². The van der Waals surface area contributed by atoms with Crippen LogP contribution in [0.1, 0.15) is 50.8 Å². The zero-order valence-corrected chi connectivity index (χ0v) is 15.5. The molecular formula is C19H20ClN5O2. The molecule has 2 saturated carbocycles. The lowest BCUT2D eigenvalue weighted by Gasteiger charge is -2.40. The van der Waals surface area contributed by atoms with E-state index in [4.69, 9.17) is 17.0 Å². The van der Waals surface area contributed by atoms with E-state index in [1.54, 1.807) is 29.4 Å². The Bertz CT molecular complexity index is 934. The van der Waals surface area contributed by atoms with Gasteiger partial charge >= 0.3 is 0 Å². The number of carbonyl (C=O) groups excluding carboxylic acids is 1. The molecule has 2 N–H and O–H groups in total. The number of nitrogens with zero attached hydrogens (tertiary/aromatic N) is 4. The summed E-state index contributed by atoms with van der Waals surface area (Å²) in [5, 5.41) is 19.8. The van der Waals surface area contributed by atoms with Gasteiger partial charge in [0.1, 0.15) is 23.1 Å². The molecule has 2 aliphatic carbocycles. The van der Waals surface area contributed by atoms with Gasteiger partial charge in [-0.05, 0) is 32.1 Å². The Balaban J connectivity index is 1.76. The first-order valence-corrected chi connectivity index (χ1v) is 9.47. The van der Waals surface area contributed by atoms with Crippen LogP contribution in [-0.4, -0.2) is 36.1 Å². The lowest BCUT2D eigenvalue weighted by molar-refractivity contribution is -0.128. The maximum absolute atomic E-state index is 12.6. The zero-order valence-electron chi connectivity index (χ0n) is 14.8. The number of nitrogens with one attached hydrogen (secondary N) is 1. The molecule has 140 valence electrons. The average Bonchev–Trinajstić information content (AvgIpc) is 3.20. The quantitative estimate of drug-likeness (QED) is 0.602. The van der Waals surface area contributed by atoms with Crippen molar-refractivity contribution in [1.29, 1.82) is 5.41 Å². The van der Waals surface area contributed by atoms with Gasteiger partial charge in [-0.2, -0.15) is 0 Å². The molecule has 2 aromatic heterocycles. The maximum Gasteiger partial charge on any atom is 0.198 e. The third kappa shape index (κ3) is 3.06. The third-order valence-corrected chi connectivity index (χ3v) is 5.74. The number of ketones is 1. The summed E-state index contributed by atoms with van der Waals surface area (Å²) < 4.78 is 1.66. The van der Waals surface area contributed by atoms with Gasteiger partial charge in [-0.25, -0.2) is 15.0 Å². The fourth-order valence-electron chi connectivity index (χ4n) is 4.14. The van der Waals surface area contributed by atoms with Crippen molar-refractivity contribution < 1.29 is 9.90 Å². The van der Waals surface area contributed by atoms with Crippen LogP contribution in [0.4, 0.5) is 0 Å². The molecule has 7 nitrogen and oxygen atoms in total. The number of hydrogen-bond acceptors (Lipinski definition) is 6. The van der Waals surface area contributed by atoms with E-state index < -0.39 is 5.41 Å². The van der Waals surface area contributed by atoms with Gasteiger partial charge in [0.2, 0.25) is 0 Å². The molecule has 0 radical (unpaired) electrons. The number of Topliss-reactive ketones (excluding diaryl/α,β-unsaturated/α-hetero) is 1. The molecule has 1 atom stereocenters. The number of imidazole rings is 1. The lowest BCUT2D eigenvalue weighted by atomic mass is 9.62. The van der Waals surface area contributed by atoms with Crippen LogP contribution in [0.5, 0.6) is 0 Å². The van der Waals surface area contributed by atoms with Gasteiger partial charge in [-0.1, -0.05) is 18.0 Å². The Morgan fingerprint density at radius 3 is 2.78 bits per heavy atom. The van der Waals surface area contributed by atoms with Gasteiger partial charge in [-0.15, -0.1) is 0 Å². The molecule has 0 saturated heterocycles. The Hall–Kier alpha value is -2.54. The fourth-order valence-corrected chi connectivity index (χ4v) is 4.31. The van der Waals surface area contributed by atoms with Crippen LogP contribution in [0.25, 0.3) is 11.6 Å². The molecule has 0 amide bonds. The van der Waals surface area contributed by atoms with Crippen LogP contribution in [0, 0.1) is 10.8 Å². The standard InChI is InChI=1S/C19H20ClN5O2/c20-14-10-15(25-9-8-22-11-25)24-18(23-14)16(27)12-4-3-7-19(17(12)21)6-2-1-5-13(19)26/h8-11,21,27H,1-7H2/b16-12-,21-17?/t19-/m1/s1. The molecule has 27 heavy (non-hydrogen) atoms. The first-order valence-electron chi connectivity index (χ1n) is 9.09. The normalized spacial score (nSPS) is 25.1. The minimum Gasteiger partial charge on any atom is -0.504 e. The fraction of sp³-hybridized carbons (Fsp3) is 0.421. The second-order valence-corrected chi connectivity index (χ2v) is 7.50. The minimum atomic E-state index is -0.758. The minimum absolute atomic E-state index is 0.0614. The van der Waals surface area contributed by atoms with Gasteiger partial charge in [0, 0.05) is 30.5 Å². The van der Waals surface area contributed by atoms with Gasteiger partial charge in [-0.3, -0.25) is 9.36 Å². The highest BCUT2D eigenvalue weighted by atomic mass is 35.5. The molecule has 2 heterocycles. The van der Waals surface area contributed by atoms with E-state index >= 15 is 0 Å². The molecular weight excluding hydrogens is 366 g/mol. The van der Waals surface area contributed by atoms with Crippen molar-refractivity contribution in [2.45, 2.75) is 44.9 Å². The number of allylic oxidation sites excluding steroid dienone is 1. The van der Waals surface area contributed by atoms with E-state index in [1.165, 1.54) is 0 Å². The first kappa shape index (κ1) is 17.9. The van der Waals surface area contributed by atoms with E-state index in [0.29, 0.717) is 37.1 Å². The number of aromatic nitrogens is 4. The highest BCUT2D eigenvalue weighted by Gasteiger charge is 2.47. The smallest absolute Gasteiger partial charge is 0.198 e. The summed E-state index contributed by atoms with van der Waals surface area (Å²) in [5.41, 5.74) is -0.0787. The molecule has 2 aliphatic rings. The van der Waals surface area contributed by atoms with Crippen LogP contribution in [0.3, 0.4) is 0 Å². The number of carbonyl (C=O) groups is 1. The monoisotopic (exact) mass is 385 g/mol.